The summed E-state index contributed by atoms with van der Waals surface area (Å²) in [5.74, 6) is 2.84. The lowest BCUT2D eigenvalue weighted by Gasteiger charge is -2.26. The van der Waals surface area contributed by atoms with Crippen molar-refractivity contribution in [1.29, 1.82) is 0 Å². The number of thiazole rings is 1. The fraction of sp³-hybridized carbons (Fsp3) is 0.389. The lowest BCUT2D eigenvalue weighted by Crippen LogP contribution is -2.38. The molecule has 2 amide bonds. The molecular formula is C36H41N7O5S. The van der Waals surface area contributed by atoms with Crippen LogP contribution < -0.4 is 15.0 Å². The zero-order valence-electron chi connectivity index (χ0n) is 28.6. The molecule has 0 aliphatic carbocycles. The van der Waals surface area contributed by atoms with Gasteiger partial charge in [0.1, 0.15) is 23.9 Å². The van der Waals surface area contributed by atoms with Crippen LogP contribution in [0.1, 0.15) is 53.1 Å². The number of hydrogen-bond donors (Lipinski definition) is 1. The van der Waals surface area contributed by atoms with Crippen LogP contribution in [0.3, 0.4) is 0 Å². The van der Waals surface area contributed by atoms with E-state index >= 15 is 0 Å². The van der Waals surface area contributed by atoms with E-state index in [9.17, 15) is 4.79 Å². The van der Waals surface area contributed by atoms with E-state index in [1.54, 1.807) is 23.5 Å². The Morgan fingerprint density at radius 3 is 2.35 bits per heavy atom. The van der Waals surface area contributed by atoms with Gasteiger partial charge in [0, 0.05) is 54.4 Å². The van der Waals surface area contributed by atoms with Gasteiger partial charge >= 0.3 is 6.03 Å². The van der Waals surface area contributed by atoms with Crippen LogP contribution in [0.25, 0.3) is 26.4 Å². The molecule has 1 saturated heterocycles. The Hall–Kier alpha value is -4.72. The lowest BCUT2D eigenvalue weighted by molar-refractivity contribution is 0.0322. The molecule has 5 heterocycles. The maximum Gasteiger partial charge on any atom is 0.333 e. The third-order valence-electron chi connectivity index (χ3n) is 8.42. The standard InChI is InChI=1S/C36H41N7O5S/c1-35(2,3)29-20-31(39-47-29)38-33(44)43(32-21-30(48-40-32)36(4,5)6)24-9-7-23(8-10-24)26-22-42-27-12-11-25(19-28(27)49-34(42)37-26)46-18-15-41-13-16-45-17-14-41/h7-12,19-22H,13-18H2,1-6H3,(H,38,39,44). The van der Waals surface area contributed by atoms with Crippen molar-refractivity contribution in [3.63, 3.8) is 0 Å². The summed E-state index contributed by atoms with van der Waals surface area (Å²) in [6.45, 7) is 17.1. The van der Waals surface area contributed by atoms with Crippen LogP contribution in [0.2, 0.25) is 0 Å². The first-order chi connectivity index (χ1) is 23.4. The summed E-state index contributed by atoms with van der Waals surface area (Å²) in [4.78, 5) is 23.4. The normalized spacial score (nSPS) is 14.5. The summed E-state index contributed by atoms with van der Waals surface area (Å²) < 4.78 is 25.9. The number of amides is 2. The molecule has 6 aromatic rings. The van der Waals surface area contributed by atoms with Gasteiger partial charge in [0.05, 0.1) is 34.8 Å². The SMILES string of the molecule is CC(C)(C)c1cc(NC(=O)N(c2ccc(-c3cn4c(n3)sc3cc(OCCN5CCOCC5)ccc34)cc2)c2cc(C(C)(C)C)on2)no1. The van der Waals surface area contributed by atoms with Crippen molar-refractivity contribution in [3.8, 4) is 17.0 Å². The van der Waals surface area contributed by atoms with E-state index < -0.39 is 6.03 Å². The molecule has 49 heavy (non-hydrogen) atoms. The average Bonchev–Trinajstić information content (AvgIpc) is 3.86. The van der Waals surface area contributed by atoms with Crippen LogP contribution in [-0.2, 0) is 15.6 Å². The summed E-state index contributed by atoms with van der Waals surface area (Å²) in [7, 11) is 0. The number of morpholine rings is 1. The van der Waals surface area contributed by atoms with Gasteiger partial charge in [-0.15, -0.1) is 0 Å². The summed E-state index contributed by atoms with van der Waals surface area (Å²) in [6.07, 6.45) is 2.04. The predicted molar refractivity (Wildman–Crippen MR) is 190 cm³/mol. The van der Waals surface area contributed by atoms with Crippen molar-refractivity contribution in [2.45, 2.75) is 52.4 Å². The van der Waals surface area contributed by atoms with Crippen molar-refractivity contribution in [2.75, 3.05) is 49.7 Å². The molecule has 0 spiro atoms. The largest absolute Gasteiger partial charge is 0.492 e. The molecule has 0 saturated carbocycles. The minimum Gasteiger partial charge on any atom is -0.492 e. The van der Waals surface area contributed by atoms with Crippen molar-refractivity contribution >= 4 is 49.9 Å². The molecule has 256 valence electrons. The zero-order valence-corrected chi connectivity index (χ0v) is 29.5. The van der Waals surface area contributed by atoms with E-state index in [4.69, 9.17) is 23.5 Å². The first-order valence-corrected chi connectivity index (χ1v) is 17.2. The van der Waals surface area contributed by atoms with Gasteiger partial charge in [-0.3, -0.25) is 14.6 Å². The molecule has 1 N–H and O–H groups in total. The fourth-order valence-electron chi connectivity index (χ4n) is 5.54. The summed E-state index contributed by atoms with van der Waals surface area (Å²) in [5.41, 5.74) is 2.87. The maximum atomic E-state index is 13.8. The Morgan fingerprint density at radius 1 is 0.939 bits per heavy atom. The molecule has 4 aromatic heterocycles. The highest BCUT2D eigenvalue weighted by atomic mass is 32.1. The van der Waals surface area contributed by atoms with Crippen LogP contribution >= 0.6 is 11.3 Å². The van der Waals surface area contributed by atoms with E-state index in [0.29, 0.717) is 35.5 Å². The monoisotopic (exact) mass is 683 g/mol. The van der Waals surface area contributed by atoms with Gasteiger partial charge in [-0.1, -0.05) is 75.3 Å². The number of fused-ring (bicyclic) bond motifs is 3. The smallest absolute Gasteiger partial charge is 0.333 e. The third kappa shape index (κ3) is 7.05. The molecule has 0 radical (unpaired) electrons. The second-order valence-electron chi connectivity index (χ2n) is 14.3. The zero-order chi connectivity index (χ0) is 34.3. The molecule has 0 bridgehead atoms. The van der Waals surface area contributed by atoms with E-state index in [1.165, 1.54) is 4.90 Å². The number of imidazole rings is 1. The number of carbonyl (C=O) groups is 1. The third-order valence-corrected chi connectivity index (χ3v) is 9.44. The van der Waals surface area contributed by atoms with Crippen molar-refractivity contribution in [3.05, 3.63) is 72.3 Å². The molecule has 2 aromatic carbocycles. The topological polar surface area (TPSA) is 123 Å². The summed E-state index contributed by atoms with van der Waals surface area (Å²) in [5, 5.41) is 11.2. The van der Waals surface area contributed by atoms with Crippen molar-refractivity contribution in [2.24, 2.45) is 0 Å². The Bertz CT molecular complexity index is 2070. The predicted octanol–water partition coefficient (Wildman–Crippen LogP) is 7.87. The molecular weight excluding hydrogens is 643 g/mol. The minimum atomic E-state index is -0.450. The van der Waals surface area contributed by atoms with Gasteiger partial charge in [-0.2, -0.15) is 0 Å². The van der Waals surface area contributed by atoms with Gasteiger partial charge in [-0.05, 0) is 30.3 Å². The molecule has 1 fully saturated rings. The second-order valence-corrected chi connectivity index (χ2v) is 15.3. The summed E-state index contributed by atoms with van der Waals surface area (Å²) in [6, 6.07) is 16.9. The fourth-order valence-corrected chi connectivity index (χ4v) is 6.58. The highest BCUT2D eigenvalue weighted by Crippen LogP contribution is 2.35. The highest BCUT2D eigenvalue weighted by molar-refractivity contribution is 7.23. The Balaban J connectivity index is 1.11. The van der Waals surface area contributed by atoms with E-state index in [1.807, 2.05) is 78.1 Å². The van der Waals surface area contributed by atoms with Gasteiger partial charge in [0.15, 0.2) is 16.6 Å². The first kappa shape index (κ1) is 32.8. The maximum absolute atomic E-state index is 13.8. The molecule has 13 heteroatoms. The van der Waals surface area contributed by atoms with Gasteiger partial charge in [0.2, 0.25) is 0 Å². The minimum absolute atomic E-state index is 0.256. The number of benzene rings is 2. The number of aromatic nitrogens is 4. The quantitative estimate of drug-likeness (QED) is 0.171. The second kappa shape index (κ2) is 13.0. The van der Waals surface area contributed by atoms with Crippen molar-refractivity contribution in [1.82, 2.24) is 24.6 Å². The van der Waals surface area contributed by atoms with Crippen molar-refractivity contribution < 1.29 is 23.3 Å². The van der Waals surface area contributed by atoms with Crippen LogP contribution in [0.5, 0.6) is 5.75 Å². The molecule has 1 aliphatic rings. The number of anilines is 3. The van der Waals surface area contributed by atoms with Gasteiger partial charge < -0.3 is 18.5 Å². The number of rotatable bonds is 8. The van der Waals surface area contributed by atoms with Crippen LogP contribution in [-0.4, -0.2) is 70.1 Å². The number of nitrogens with one attached hydrogen (secondary N) is 1. The molecule has 0 unspecified atom stereocenters. The molecule has 12 nitrogen and oxygen atoms in total. The van der Waals surface area contributed by atoms with Crippen LogP contribution in [0, 0.1) is 0 Å². The number of hydrogen-bond acceptors (Lipinski definition) is 10. The Kier molecular flexibility index (Phi) is 8.67. The molecule has 7 rings (SSSR count). The highest BCUT2D eigenvalue weighted by Gasteiger charge is 2.28. The van der Waals surface area contributed by atoms with Gasteiger partial charge in [-0.25, -0.2) is 14.7 Å². The first-order valence-electron chi connectivity index (χ1n) is 16.4. The number of urea groups is 1. The number of nitrogens with zero attached hydrogens (tertiary/aromatic N) is 6. The molecule has 0 atom stereocenters. The van der Waals surface area contributed by atoms with Crippen LogP contribution in [0.15, 0.2) is 69.8 Å². The Morgan fingerprint density at radius 2 is 1.65 bits per heavy atom. The van der Waals surface area contributed by atoms with Crippen LogP contribution in [0.4, 0.5) is 22.1 Å². The van der Waals surface area contributed by atoms with Gasteiger partial charge in [0.25, 0.3) is 0 Å². The Labute approximate surface area is 288 Å². The van der Waals surface area contributed by atoms with E-state index in [0.717, 1.165) is 65.0 Å². The van der Waals surface area contributed by atoms with E-state index in [-0.39, 0.29) is 10.8 Å². The average molecular weight is 684 g/mol. The summed E-state index contributed by atoms with van der Waals surface area (Å²) >= 11 is 1.62. The lowest BCUT2D eigenvalue weighted by atomic mass is 9.93. The number of ether oxygens (including phenoxy) is 2. The number of carbonyl (C=O) groups excluding carboxylic acids is 1. The molecule has 1 aliphatic heterocycles. The van der Waals surface area contributed by atoms with E-state index in [2.05, 4.69) is 37.1 Å².